The van der Waals surface area contributed by atoms with Crippen LogP contribution in [-0.4, -0.2) is 45.1 Å². The molecule has 0 spiro atoms. The van der Waals surface area contributed by atoms with Crippen molar-refractivity contribution in [3.63, 3.8) is 0 Å². The molecule has 1 unspecified atom stereocenters. The Labute approximate surface area is 120 Å². The van der Waals surface area contributed by atoms with Gasteiger partial charge in [0, 0.05) is 19.6 Å². The lowest BCUT2D eigenvalue weighted by atomic mass is 10.00. The Morgan fingerprint density at radius 1 is 1.30 bits per heavy atom. The molecule has 1 heterocycles. The zero-order valence-corrected chi connectivity index (χ0v) is 12.6. The predicted molar refractivity (Wildman–Crippen MR) is 77.7 cm³/mol. The Morgan fingerprint density at radius 2 is 1.95 bits per heavy atom. The van der Waals surface area contributed by atoms with Crippen LogP contribution >= 0.6 is 0 Å². The SMILES string of the molecule is CN1C(=O)C(CNS(C)(=O)=O)C[C@@H]1Cc1ccccc1. The number of rotatable bonds is 5. The van der Waals surface area contributed by atoms with Gasteiger partial charge in [0.15, 0.2) is 0 Å². The maximum Gasteiger partial charge on any atom is 0.227 e. The van der Waals surface area contributed by atoms with E-state index in [1.165, 1.54) is 5.56 Å². The standard InChI is InChI=1S/C14H20N2O3S/c1-16-13(8-11-6-4-3-5-7-11)9-12(14(16)17)10-15-20(2,18)19/h3-7,12-13,15H,8-10H2,1-2H3/t12?,13-/m0/s1. The molecule has 1 N–H and O–H groups in total. The lowest BCUT2D eigenvalue weighted by Crippen LogP contribution is -2.34. The van der Waals surface area contributed by atoms with Crippen LogP contribution in [0, 0.1) is 5.92 Å². The monoisotopic (exact) mass is 296 g/mol. The number of nitrogens with zero attached hydrogens (tertiary/aromatic N) is 1. The smallest absolute Gasteiger partial charge is 0.227 e. The topological polar surface area (TPSA) is 66.5 Å². The summed E-state index contributed by atoms with van der Waals surface area (Å²) in [6.45, 7) is 0.188. The molecular weight excluding hydrogens is 276 g/mol. The molecule has 1 amide bonds. The highest BCUT2D eigenvalue weighted by Crippen LogP contribution is 2.25. The van der Waals surface area contributed by atoms with Gasteiger partial charge in [-0.25, -0.2) is 13.1 Å². The third-order valence-corrected chi connectivity index (χ3v) is 4.40. The molecule has 1 aliphatic heterocycles. The van der Waals surface area contributed by atoms with Crippen LogP contribution in [0.15, 0.2) is 30.3 Å². The summed E-state index contributed by atoms with van der Waals surface area (Å²) in [5.41, 5.74) is 1.19. The minimum absolute atomic E-state index is 0.0158. The van der Waals surface area contributed by atoms with Crippen LogP contribution in [0.5, 0.6) is 0 Å². The van der Waals surface area contributed by atoms with Crippen molar-refractivity contribution in [3.8, 4) is 0 Å². The summed E-state index contributed by atoms with van der Waals surface area (Å²) < 4.78 is 24.6. The van der Waals surface area contributed by atoms with Gasteiger partial charge in [-0.05, 0) is 18.4 Å². The molecule has 0 radical (unpaired) electrons. The lowest BCUT2D eigenvalue weighted by Gasteiger charge is -2.19. The Morgan fingerprint density at radius 3 is 2.55 bits per heavy atom. The van der Waals surface area contributed by atoms with Crippen molar-refractivity contribution in [1.82, 2.24) is 9.62 Å². The molecule has 1 aromatic rings. The predicted octanol–water partition coefficient (Wildman–Crippen LogP) is 0.625. The van der Waals surface area contributed by atoms with E-state index in [2.05, 4.69) is 4.72 Å². The maximum absolute atomic E-state index is 12.1. The van der Waals surface area contributed by atoms with E-state index < -0.39 is 10.0 Å². The second kappa shape index (κ2) is 5.93. The minimum atomic E-state index is -3.25. The van der Waals surface area contributed by atoms with Crippen molar-refractivity contribution in [2.75, 3.05) is 19.8 Å². The van der Waals surface area contributed by atoms with Crippen molar-refractivity contribution in [1.29, 1.82) is 0 Å². The second-order valence-corrected chi connectivity index (χ2v) is 7.18. The molecule has 1 aliphatic rings. The zero-order chi connectivity index (χ0) is 14.8. The molecule has 1 aromatic carbocycles. The third-order valence-electron chi connectivity index (χ3n) is 3.71. The van der Waals surface area contributed by atoms with Crippen LogP contribution < -0.4 is 4.72 Å². The van der Waals surface area contributed by atoms with Gasteiger partial charge < -0.3 is 4.90 Å². The van der Waals surface area contributed by atoms with Gasteiger partial charge in [-0.1, -0.05) is 30.3 Å². The van der Waals surface area contributed by atoms with Gasteiger partial charge >= 0.3 is 0 Å². The fourth-order valence-corrected chi connectivity index (χ4v) is 3.09. The molecule has 1 saturated heterocycles. The van der Waals surface area contributed by atoms with Gasteiger partial charge in [0.1, 0.15) is 0 Å². The number of hydrogen-bond acceptors (Lipinski definition) is 3. The quantitative estimate of drug-likeness (QED) is 0.866. The van der Waals surface area contributed by atoms with Gasteiger partial charge in [-0.3, -0.25) is 4.79 Å². The van der Waals surface area contributed by atoms with E-state index in [0.717, 1.165) is 12.7 Å². The molecule has 1 fully saturated rings. The fourth-order valence-electron chi connectivity index (χ4n) is 2.58. The summed E-state index contributed by atoms with van der Waals surface area (Å²) in [6.07, 6.45) is 2.60. The molecule has 0 saturated carbocycles. The molecule has 2 atom stereocenters. The van der Waals surface area contributed by atoms with E-state index in [9.17, 15) is 13.2 Å². The first-order valence-electron chi connectivity index (χ1n) is 6.62. The van der Waals surface area contributed by atoms with Crippen LogP contribution in [0.3, 0.4) is 0 Å². The Kier molecular flexibility index (Phi) is 4.45. The number of sulfonamides is 1. The number of carbonyl (C=O) groups excluding carboxylic acids is 1. The lowest BCUT2D eigenvalue weighted by molar-refractivity contribution is -0.130. The van der Waals surface area contributed by atoms with Gasteiger partial charge in [0.05, 0.1) is 12.2 Å². The highest BCUT2D eigenvalue weighted by atomic mass is 32.2. The number of benzene rings is 1. The summed E-state index contributed by atoms with van der Waals surface area (Å²) in [5.74, 6) is -0.245. The first-order valence-corrected chi connectivity index (χ1v) is 8.51. The van der Waals surface area contributed by atoms with Crippen molar-refractivity contribution >= 4 is 15.9 Å². The summed E-state index contributed by atoms with van der Waals surface area (Å²) in [5, 5.41) is 0. The van der Waals surface area contributed by atoms with Crippen LogP contribution in [0.4, 0.5) is 0 Å². The van der Waals surface area contributed by atoms with Crippen molar-refractivity contribution < 1.29 is 13.2 Å². The molecule has 6 heteroatoms. The molecule has 5 nitrogen and oxygen atoms in total. The summed E-state index contributed by atoms with van der Waals surface area (Å²) in [6, 6.07) is 10.1. The number of hydrogen-bond donors (Lipinski definition) is 1. The van der Waals surface area contributed by atoms with E-state index in [-0.39, 0.29) is 24.4 Å². The first kappa shape index (κ1) is 15.0. The highest BCUT2D eigenvalue weighted by Gasteiger charge is 2.37. The van der Waals surface area contributed by atoms with Crippen LogP contribution in [-0.2, 0) is 21.2 Å². The highest BCUT2D eigenvalue weighted by molar-refractivity contribution is 7.88. The second-order valence-electron chi connectivity index (χ2n) is 5.35. The molecular formula is C14H20N2O3S. The van der Waals surface area contributed by atoms with Crippen LogP contribution in [0.1, 0.15) is 12.0 Å². The molecule has 0 aliphatic carbocycles. The average Bonchev–Trinajstić information content (AvgIpc) is 2.65. The van der Waals surface area contributed by atoms with Crippen molar-refractivity contribution in [3.05, 3.63) is 35.9 Å². The molecule has 2 rings (SSSR count). The average molecular weight is 296 g/mol. The normalized spacial score (nSPS) is 23.3. The van der Waals surface area contributed by atoms with Gasteiger partial charge in [-0.2, -0.15) is 0 Å². The molecule has 110 valence electrons. The largest absolute Gasteiger partial charge is 0.342 e. The van der Waals surface area contributed by atoms with Gasteiger partial charge in [0.25, 0.3) is 0 Å². The first-order chi connectivity index (χ1) is 9.37. The number of likely N-dealkylation sites (N-methyl/N-ethyl adjacent to an activating group) is 1. The van der Waals surface area contributed by atoms with E-state index in [0.29, 0.717) is 6.42 Å². The van der Waals surface area contributed by atoms with E-state index >= 15 is 0 Å². The Bertz CT molecular complexity index is 571. The number of likely N-dealkylation sites (tertiary alicyclic amines) is 1. The van der Waals surface area contributed by atoms with E-state index in [1.807, 2.05) is 30.3 Å². The van der Waals surface area contributed by atoms with Crippen LogP contribution in [0.25, 0.3) is 0 Å². The Balaban J connectivity index is 1.98. The van der Waals surface area contributed by atoms with Crippen molar-refractivity contribution in [2.45, 2.75) is 18.9 Å². The van der Waals surface area contributed by atoms with Crippen molar-refractivity contribution in [2.24, 2.45) is 5.92 Å². The Hall–Kier alpha value is -1.40. The number of carbonyl (C=O) groups is 1. The van der Waals surface area contributed by atoms with E-state index in [1.54, 1.807) is 11.9 Å². The molecule has 20 heavy (non-hydrogen) atoms. The fraction of sp³-hybridized carbons (Fsp3) is 0.500. The van der Waals surface area contributed by atoms with Gasteiger partial charge in [-0.15, -0.1) is 0 Å². The van der Waals surface area contributed by atoms with Crippen LogP contribution in [0.2, 0.25) is 0 Å². The summed E-state index contributed by atoms with van der Waals surface area (Å²) in [7, 11) is -1.46. The molecule has 0 aromatic heterocycles. The van der Waals surface area contributed by atoms with E-state index in [4.69, 9.17) is 0 Å². The summed E-state index contributed by atoms with van der Waals surface area (Å²) >= 11 is 0. The summed E-state index contributed by atoms with van der Waals surface area (Å²) in [4.78, 5) is 13.9. The molecule has 0 bridgehead atoms. The zero-order valence-electron chi connectivity index (χ0n) is 11.7. The third kappa shape index (κ3) is 3.80. The minimum Gasteiger partial charge on any atom is -0.342 e. The van der Waals surface area contributed by atoms with Gasteiger partial charge in [0.2, 0.25) is 15.9 Å². The number of amides is 1. The number of nitrogens with one attached hydrogen (secondary N) is 1. The maximum atomic E-state index is 12.1.